The van der Waals surface area contributed by atoms with Crippen molar-refractivity contribution >= 4 is 5.78 Å². The number of rotatable bonds is 3. The fraction of sp³-hybridized carbons (Fsp3) is 0.889. The van der Waals surface area contributed by atoms with Gasteiger partial charge in [0.05, 0.1) is 6.04 Å². The van der Waals surface area contributed by atoms with Crippen molar-refractivity contribution in [1.82, 2.24) is 4.90 Å². The topological polar surface area (TPSA) is 20.3 Å². The van der Waals surface area contributed by atoms with Crippen molar-refractivity contribution in [3.05, 3.63) is 0 Å². The third-order valence-corrected chi connectivity index (χ3v) is 1.59. The molecule has 0 saturated carbocycles. The smallest absolute Gasteiger partial charge is 0.149 e. The van der Waals surface area contributed by atoms with E-state index in [1.54, 1.807) is 0 Å². The molecule has 11 heavy (non-hydrogen) atoms. The van der Waals surface area contributed by atoms with Gasteiger partial charge in [-0.15, -0.1) is 0 Å². The van der Waals surface area contributed by atoms with Gasteiger partial charge >= 0.3 is 0 Å². The van der Waals surface area contributed by atoms with E-state index in [0.717, 1.165) is 0 Å². The first kappa shape index (κ1) is 13.2. The van der Waals surface area contributed by atoms with Crippen LogP contribution in [0.3, 0.4) is 0 Å². The van der Waals surface area contributed by atoms with E-state index in [0.29, 0.717) is 12.2 Å². The molecule has 0 aromatic rings. The summed E-state index contributed by atoms with van der Waals surface area (Å²) >= 11 is 0. The molecule has 0 aliphatic rings. The summed E-state index contributed by atoms with van der Waals surface area (Å²) in [6, 6.07) is 0.0787. The lowest BCUT2D eigenvalue weighted by atomic mass is 10.1. The van der Waals surface area contributed by atoms with Crippen molar-refractivity contribution in [2.75, 3.05) is 14.1 Å². The van der Waals surface area contributed by atoms with Gasteiger partial charge in [-0.3, -0.25) is 9.69 Å². The van der Waals surface area contributed by atoms with Crippen molar-refractivity contribution in [1.29, 1.82) is 0 Å². The molecule has 0 aromatic heterocycles. The second-order valence-corrected chi connectivity index (χ2v) is 2.46. The van der Waals surface area contributed by atoms with E-state index in [1.165, 1.54) is 0 Å². The number of hydrogen-bond acceptors (Lipinski definition) is 2. The van der Waals surface area contributed by atoms with Crippen LogP contribution in [0.15, 0.2) is 0 Å². The van der Waals surface area contributed by atoms with Crippen LogP contribution in [0.25, 0.3) is 0 Å². The molecule has 0 rings (SSSR count). The molecule has 0 aliphatic carbocycles. The summed E-state index contributed by atoms with van der Waals surface area (Å²) in [5.41, 5.74) is 0. The molecule has 0 aromatic carbocycles. The highest BCUT2D eigenvalue weighted by atomic mass is 16.1. The molecule has 2 heteroatoms. The maximum atomic E-state index is 10.9. The molecule has 0 spiro atoms. The Labute approximate surface area is 70.6 Å². The summed E-state index contributed by atoms with van der Waals surface area (Å²) in [6.07, 6.45) is 0.638. The van der Waals surface area contributed by atoms with Gasteiger partial charge < -0.3 is 0 Å². The molecule has 0 heterocycles. The molecule has 0 aliphatic heterocycles. The van der Waals surface area contributed by atoms with E-state index in [2.05, 4.69) is 0 Å². The van der Waals surface area contributed by atoms with Gasteiger partial charge in [-0.25, -0.2) is 0 Å². The molecular weight excluding hydrogens is 138 g/mol. The van der Waals surface area contributed by atoms with Crippen LogP contribution in [0.5, 0.6) is 0 Å². The van der Waals surface area contributed by atoms with Crippen LogP contribution < -0.4 is 0 Å². The molecule has 0 N–H and O–H groups in total. The van der Waals surface area contributed by atoms with Gasteiger partial charge in [0.2, 0.25) is 0 Å². The minimum Gasteiger partial charge on any atom is -0.300 e. The second kappa shape index (κ2) is 7.73. The Morgan fingerprint density at radius 1 is 1.36 bits per heavy atom. The Hall–Kier alpha value is -0.370. The number of carbonyl (C=O) groups excluding carboxylic acids is 1. The molecule has 0 radical (unpaired) electrons. The average Bonchev–Trinajstić information content (AvgIpc) is 2.05. The molecule has 0 fully saturated rings. The quantitative estimate of drug-likeness (QED) is 0.627. The molecule has 68 valence electrons. The van der Waals surface area contributed by atoms with Crippen molar-refractivity contribution in [3.8, 4) is 0 Å². The number of carbonyl (C=O) groups is 1. The number of ketones is 1. The first-order valence-corrected chi connectivity index (χ1v) is 4.28. The highest BCUT2D eigenvalue weighted by Crippen LogP contribution is 1.95. The van der Waals surface area contributed by atoms with E-state index in [1.807, 2.05) is 46.7 Å². The Morgan fingerprint density at radius 3 is 1.82 bits per heavy atom. The summed E-state index contributed by atoms with van der Waals surface area (Å²) < 4.78 is 0. The van der Waals surface area contributed by atoms with Crippen molar-refractivity contribution in [2.45, 2.75) is 40.2 Å². The second-order valence-electron chi connectivity index (χ2n) is 2.46. The highest BCUT2D eigenvalue weighted by Gasteiger charge is 2.11. The number of nitrogens with zero attached hydrogens (tertiary/aromatic N) is 1. The van der Waals surface area contributed by atoms with Gasteiger partial charge in [0.15, 0.2) is 0 Å². The van der Waals surface area contributed by atoms with Crippen molar-refractivity contribution in [2.24, 2.45) is 0 Å². The van der Waals surface area contributed by atoms with E-state index in [-0.39, 0.29) is 6.04 Å². The molecular formula is C9H21NO. The van der Waals surface area contributed by atoms with Gasteiger partial charge in [0.1, 0.15) is 5.78 Å². The van der Waals surface area contributed by atoms with Gasteiger partial charge in [0, 0.05) is 6.42 Å². The fourth-order valence-electron chi connectivity index (χ4n) is 0.583. The SMILES string of the molecule is CC.CCC(=O)C(C)N(C)C. The molecule has 1 atom stereocenters. The first-order chi connectivity index (χ1) is 5.09. The molecule has 1 unspecified atom stereocenters. The van der Waals surface area contributed by atoms with E-state index >= 15 is 0 Å². The summed E-state index contributed by atoms with van der Waals surface area (Å²) in [4.78, 5) is 12.8. The lowest BCUT2D eigenvalue weighted by Gasteiger charge is -2.16. The van der Waals surface area contributed by atoms with E-state index in [4.69, 9.17) is 0 Å². The minimum absolute atomic E-state index is 0.0787. The third kappa shape index (κ3) is 6.05. The number of hydrogen-bond donors (Lipinski definition) is 0. The molecule has 0 bridgehead atoms. The van der Waals surface area contributed by atoms with E-state index < -0.39 is 0 Å². The van der Waals surface area contributed by atoms with Crippen molar-refractivity contribution < 1.29 is 4.79 Å². The first-order valence-electron chi connectivity index (χ1n) is 4.28. The summed E-state index contributed by atoms with van der Waals surface area (Å²) in [7, 11) is 3.83. The van der Waals surface area contributed by atoms with Gasteiger partial charge in [-0.05, 0) is 21.0 Å². The van der Waals surface area contributed by atoms with Crippen LogP contribution in [-0.4, -0.2) is 30.8 Å². The lowest BCUT2D eigenvalue weighted by Crippen LogP contribution is -2.32. The number of likely N-dealkylation sites (N-methyl/N-ethyl adjacent to an activating group) is 1. The average molecular weight is 159 g/mol. The summed E-state index contributed by atoms with van der Waals surface area (Å²) in [5.74, 6) is 0.306. The predicted molar refractivity (Wildman–Crippen MR) is 49.8 cm³/mol. The van der Waals surface area contributed by atoms with Gasteiger partial charge in [-0.2, -0.15) is 0 Å². The third-order valence-electron chi connectivity index (χ3n) is 1.59. The van der Waals surface area contributed by atoms with Crippen LogP contribution in [0, 0.1) is 0 Å². The Kier molecular flexibility index (Phi) is 9.31. The molecule has 0 amide bonds. The Bertz CT molecular complexity index is 99.7. The largest absolute Gasteiger partial charge is 0.300 e. The number of Topliss-reactive ketones (excluding diaryl/α,β-unsaturated/α-hetero) is 1. The zero-order valence-corrected chi connectivity index (χ0v) is 8.64. The normalized spacial score (nSPS) is 11.9. The lowest BCUT2D eigenvalue weighted by molar-refractivity contribution is -0.122. The Balaban J connectivity index is 0. The van der Waals surface area contributed by atoms with Crippen LogP contribution in [0.1, 0.15) is 34.1 Å². The zero-order valence-electron chi connectivity index (χ0n) is 8.64. The minimum atomic E-state index is 0.0787. The zero-order chi connectivity index (χ0) is 9.44. The maximum Gasteiger partial charge on any atom is 0.149 e. The van der Waals surface area contributed by atoms with Crippen LogP contribution in [-0.2, 0) is 4.79 Å². The monoisotopic (exact) mass is 159 g/mol. The van der Waals surface area contributed by atoms with Crippen LogP contribution >= 0.6 is 0 Å². The standard InChI is InChI=1S/C7H15NO.C2H6/c1-5-7(9)6(2)8(3)4;1-2/h6H,5H2,1-4H3;1-2H3. The predicted octanol–water partition coefficient (Wildman–Crippen LogP) is 1.94. The van der Waals surface area contributed by atoms with Gasteiger partial charge in [-0.1, -0.05) is 20.8 Å². The Morgan fingerprint density at radius 2 is 1.73 bits per heavy atom. The van der Waals surface area contributed by atoms with Crippen molar-refractivity contribution in [3.63, 3.8) is 0 Å². The summed E-state index contributed by atoms with van der Waals surface area (Å²) in [5, 5.41) is 0. The van der Waals surface area contributed by atoms with Gasteiger partial charge in [0.25, 0.3) is 0 Å². The molecule has 0 saturated heterocycles. The summed E-state index contributed by atoms with van der Waals surface area (Å²) in [6.45, 7) is 7.81. The fourth-order valence-corrected chi connectivity index (χ4v) is 0.583. The maximum absolute atomic E-state index is 10.9. The van der Waals surface area contributed by atoms with E-state index in [9.17, 15) is 4.79 Å². The van der Waals surface area contributed by atoms with Crippen LogP contribution in [0.4, 0.5) is 0 Å². The highest BCUT2D eigenvalue weighted by molar-refractivity contribution is 5.83. The van der Waals surface area contributed by atoms with Crippen LogP contribution in [0.2, 0.25) is 0 Å². The molecule has 2 nitrogen and oxygen atoms in total.